The third-order valence-corrected chi connectivity index (χ3v) is 4.86. The summed E-state index contributed by atoms with van der Waals surface area (Å²) in [6.45, 7) is 2.46. The van der Waals surface area contributed by atoms with Crippen molar-refractivity contribution < 1.29 is 14.6 Å². The van der Waals surface area contributed by atoms with E-state index in [2.05, 4.69) is 33.1 Å². The van der Waals surface area contributed by atoms with Gasteiger partial charge in [0.2, 0.25) is 5.88 Å². The highest BCUT2D eigenvalue weighted by Crippen LogP contribution is 2.40. The van der Waals surface area contributed by atoms with Gasteiger partial charge >= 0.3 is 5.91 Å². The summed E-state index contributed by atoms with van der Waals surface area (Å²) >= 11 is 9.31. The van der Waals surface area contributed by atoms with Crippen LogP contribution in [-0.2, 0) is 11.3 Å². The van der Waals surface area contributed by atoms with E-state index in [-0.39, 0.29) is 18.2 Å². The van der Waals surface area contributed by atoms with Crippen molar-refractivity contribution in [3.63, 3.8) is 0 Å². The third-order valence-electron chi connectivity index (χ3n) is 4.13. The van der Waals surface area contributed by atoms with Gasteiger partial charge in [-0.3, -0.25) is 4.79 Å². The summed E-state index contributed by atoms with van der Waals surface area (Å²) in [5, 5.41) is 19.6. The molecular formula is C20H19BrClN3O3. The Bertz CT molecular complexity index is 1030. The molecule has 1 N–H and O–H groups in total. The lowest BCUT2D eigenvalue weighted by molar-refractivity contribution is -0.120. The van der Waals surface area contributed by atoms with Gasteiger partial charge in [-0.15, -0.1) is 10.2 Å². The second-order valence-electron chi connectivity index (χ2n) is 6.18. The van der Waals surface area contributed by atoms with E-state index in [4.69, 9.17) is 16.3 Å². The van der Waals surface area contributed by atoms with Crippen molar-refractivity contribution in [1.82, 2.24) is 4.57 Å². The zero-order valence-corrected chi connectivity index (χ0v) is 17.6. The molecule has 0 bridgehead atoms. The van der Waals surface area contributed by atoms with Crippen molar-refractivity contribution in [1.29, 1.82) is 0 Å². The minimum atomic E-state index is -0.566. The lowest BCUT2D eigenvalue weighted by Crippen LogP contribution is -2.07. The molecule has 0 aliphatic carbocycles. The first kappa shape index (κ1) is 20.4. The van der Waals surface area contributed by atoms with Gasteiger partial charge < -0.3 is 14.4 Å². The Hall–Kier alpha value is -2.38. The average molecular weight is 465 g/mol. The number of hydrogen-bond donors (Lipinski definition) is 1. The monoisotopic (exact) mass is 463 g/mol. The Morgan fingerprint density at radius 2 is 2.11 bits per heavy atom. The number of rotatable bonds is 7. The summed E-state index contributed by atoms with van der Waals surface area (Å²) in [7, 11) is 0. The van der Waals surface area contributed by atoms with E-state index >= 15 is 0 Å². The van der Waals surface area contributed by atoms with Gasteiger partial charge in [0.1, 0.15) is 5.75 Å². The van der Waals surface area contributed by atoms with Crippen LogP contribution in [0.3, 0.4) is 0 Å². The molecule has 8 heteroatoms. The van der Waals surface area contributed by atoms with Crippen molar-refractivity contribution in [2.24, 2.45) is 10.2 Å². The molecule has 1 amide bonds. The molecule has 0 saturated carbocycles. The van der Waals surface area contributed by atoms with Crippen LogP contribution in [0.1, 0.15) is 19.8 Å². The molecule has 0 atom stereocenters. The summed E-state index contributed by atoms with van der Waals surface area (Å²) in [6.07, 6.45) is 1.90. The minimum Gasteiger partial charge on any atom is -0.493 e. The van der Waals surface area contributed by atoms with E-state index in [0.29, 0.717) is 17.3 Å². The number of fused-ring (bicyclic) bond motifs is 1. The fraction of sp³-hybridized carbons (Fsp3) is 0.250. The lowest BCUT2D eigenvalue weighted by atomic mass is 10.2. The van der Waals surface area contributed by atoms with Crippen molar-refractivity contribution in [2.75, 3.05) is 6.61 Å². The van der Waals surface area contributed by atoms with Gasteiger partial charge in [-0.1, -0.05) is 46.9 Å². The number of unbranched alkanes of at least 4 members (excludes halogenated alkanes) is 1. The number of ether oxygens (including phenoxy) is 1. The Labute approximate surface area is 175 Å². The number of aromatic hydroxyl groups is 1. The number of nitrogens with zero attached hydrogens (tertiary/aromatic N) is 3. The molecule has 0 aliphatic heterocycles. The van der Waals surface area contributed by atoms with Gasteiger partial charge in [0, 0.05) is 21.4 Å². The van der Waals surface area contributed by atoms with Crippen LogP contribution in [0.15, 0.2) is 57.2 Å². The Morgan fingerprint density at radius 1 is 1.29 bits per heavy atom. The molecule has 0 aliphatic rings. The van der Waals surface area contributed by atoms with Gasteiger partial charge in [-0.2, -0.15) is 0 Å². The summed E-state index contributed by atoms with van der Waals surface area (Å²) < 4.78 is 8.00. The molecule has 2 aromatic carbocycles. The molecule has 3 aromatic rings. The maximum absolute atomic E-state index is 12.1. The van der Waals surface area contributed by atoms with E-state index in [0.717, 1.165) is 28.2 Å². The molecule has 28 heavy (non-hydrogen) atoms. The van der Waals surface area contributed by atoms with Crippen molar-refractivity contribution in [3.05, 3.63) is 52.0 Å². The molecule has 0 unspecified atom stereocenters. The standard InChI is InChI=1S/C20H19BrClN3O3/c1-2-3-9-25-17-8-7-13(21)10-16(17)19(20(25)27)24-23-18(26)12-28-15-6-4-5-14(22)11-15/h4-8,10-11,27H,2-3,9,12H2,1H3. The second kappa shape index (κ2) is 9.21. The number of carbonyl (C=O) groups is 1. The molecule has 6 nitrogen and oxygen atoms in total. The number of halogens is 2. The lowest BCUT2D eigenvalue weighted by Gasteiger charge is -2.05. The maximum Gasteiger partial charge on any atom is 0.302 e. The summed E-state index contributed by atoms with van der Waals surface area (Å²) in [5.74, 6) is -0.100. The van der Waals surface area contributed by atoms with Gasteiger partial charge in [-0.25, -0.2) is 0 Å². The predicted molar refractivity (Wildman–Crippen MR) is 113 cm³/mol. The largest absolute Gasteiger partial charge is 0.493 e. The van der Waals surface area contributed by atoms with Crippen molar-refractivity contribution in [3.8, 4) is 11.6 Å². The van der Waals surface area contributed by atoms with Crippen LogP contribution in [0.25, 0.3) is 10.9 Å². The van der Waals surface area contributed by atoms with E-state index < -0.39 is 5.91 Å². The SMILES string of the molecule is CCCCn1c(O)c(N=NC(=O)COc2cccc(Cl)c2)c2cc(Br)ccc21. The molecule has 0 spiro atoms. The number of azo groups is 1. The molecule has 1 heterocycles. The van der Waals surface area contributed by atoms with Gasteiger partial charge in [0.15, 0.2) is 12.3 Å². The second-order valence-corrected chi connectivity index (χ2v) is 7.53. The van der Waals surface area contributed by atoms with E-state index in [1.807, 2.05) is 18.2 Å². The normalized spacial score (nSPS) is 11.4. The Morgan fingerprint density at radius 3 is 2.86 bits per heavy atom. The molecule has 0 saturated heterocycles. The highest BCUT2D eigenvalue weighted by atomic mass is 79.9. The molecule has 0 fully saturated rings. The fourth-order valence-corrected chi connectivity index (χ4v) is 3.31. The number of aromatic nitrogens is 1. The van der Waals surface area contributed by atoms with Crippen molar-refractivity contribution in [2.45, 2.75) is 26.3 Å². The Balaban J connectivity index is 1.81. The topological polar surface area (TPSA) is 76.2 Å². The number of benzene rings is 2. The molecule has 0 radical (unpaired) electrons. The smallest absolute Gasteiger partial charge is 0.302 e. The van der Waals surface area contributed by atoms with E-state index in [9.17, 15) is 9.90 Å². The highest BCUT2D eigenvalue weighted by Gasteiger charge is 2.17. The number of amides is 1. The van der Waals surface area contributed by atoms with Crippen LogP contribution in [0.2, 0.25) is 5.02 Å². The zero-order valence-electron chi connectivity index (χ0n) is 15.2. The van der Waals surface area contributed by atoms with Crippen LogP contribution in [0.4, 0.5) is 5.69 Å². The summed E-state index contributed by atoms with van der Waals surface area (Å²) in [6, 6.07) is 12.4. The van der Waals surface area contributed by atoms with E-state index in [1.165, 1.54) is 0 Å². The first-order chi connectivity index (χ1) is 13.5. The predicted octanol–water partition coefficient (Wildman–Crippen LogP) is 6.25. The van der Waals surface area contributed by atoms with E-state index in [1.54, 1.807) is 28.8 Å². The third kappa shape index (κ3) is 4.72. The molecule has 3 rings (SSSR count). The highest BCUT2D eigenvalue weighted by molar-refractivity contribution is 9.10. The minimum absolute atomic E-state index is 0.00569. The van der Waals surface area contributed by atoms with Crippen molar-refractivity contribution >= 4 is 50.0 Å². The van der Waals surface area contributed by atoms with Crippen LogP contribution in [-0.4, -0.2) is 22.2 Å². The van der Waals surface area contributed by atoms with Gasteiger partial charge in [-0.05, 0) is 42.8 Å². The number of hydrogen-bond acceptors (Lipinski definition) is 4. The van der Waals surface area contributed by atoms with Crippen LogP contribution in [0, 0.1) is 0 Å². The van der Waals surface area contributed by atoms with Crippen LogP contribution in [0.5, 0.6) is 11.6 Å². The Kier molecular flexibility index (Phi) is 6.70. The quantitative estimate of drug-likeness (QED) is 0.420. The average Bonchev–Trinajstić information content (AvgIpc) is 2.93. The fourth-order valence-electron chi connectivity index (χ4n) is 2.77. The number of carbonyl (C=O) groups excluding carboxylic acids is 1. The van der Waals surface area contributed by atoms with Crippen LogP contribution < -0.4 is 4.74 Å². The molecular weight excluding hydrogens is 446 g/mol. The van der Waals surface area contributed by atoms with Crippen LogP contribution >= 0.6 is 27.5 Å². The maximum atomic E-state index is 12.1. The number of aryl methyl sites for hydroxylation is 1. The first-order valence-corrected chi connectivity index (χ1v) is 10.0. The zero-order chi connectivity index (χ0) is 20.1. The molecule has 1 aromatic heterocycles. The van der Waals surface area contributed by atoms with Gasteiger partial charge in [0.25, 0.3) is 0 Å². The van der Waals surface area contributed by atoms with Gasteiger partial charge in [0.05, 0.1) is 5.52 Å². The summed E-state index contributed by atoms with van der Waals surface area (Å²) in [4.78, 5) is 12.1. The summed E-state index contributed by atoms with van der Waals surface area (Å²) in [5.41, 5.74) is 1.11. The first-order valence-electron chi connectivity index (χ1n) is 8.83. The molecule has 146 valence electrons.